The molecule has 0 aromatic carbocycles. The Morgan fingerprint density at radius 1 is 1.28 bits per heavy atom. The lowest BCUT2D eigenvalue weighted by atomic mass is 10.1. The van der Waals surface area contributed by atoms with Crippen molar-refractivity contribution in [3.05, 3.63) is 0 Å². The minimum Gasteiger partial charge on any atom is -0.515 e. The van der Waals surface area contributed by atoms with Crippen molar-refractivity contribution in [2.75, 3.05) is 7.11 Å². The molecule has 0 radical (unpaired) electrons. The number of carbonyl (C=O) groups is 1. The number of carbonyl (C=O) groups excluding carboxylic acids is 1. The number of hydrogen-bond acceptors (Lipinski definition) is 4. The Morgan fingerprint density at radius 2 is 1.78 bits per heavy atom. The molecule has 5 heteroatoms. The fraction of sp³-hybridized carbons (Fsp3) is 0.846. The summed E-state index contributed by atoms with van der Waals surface area (Å²) < 4.78 is 5.71. The van der Waals surface area contributed by atoms with Crippen molar-refractivity contribution in [3.63, 3.8) is 0 Å². The van der Waals surface area contributed by atoms with Gasteiger partial charge in [-0.25, -0.2) is 4.79 Å². The molecule has 0 atom stereocenters. The van der Waals surface area contributed by atoms with Crippen molar-refractivity contribution in [1.82, 2.24) is 0 Å². The van der Waals surface area contributed by atoms with Crippen LogP contribution in [0, 0.1) is 5.92 Å². The van der Waals surface area contributed by atoms with Gasteiger partial charge in [-0.2, -0.15) is 0 Å². The number of rotatable bonds is 5. The minimum atomic E-state index is -2.10. The van der Waals surface area contributed by atoms with Crippen molar-refractivity contribution < 1.29 is 14.1 Å². The monoisotopic (exact) mass is 273 g/mol. The summed E-state index contributed by atoms with van der Waals surface area (Å²) in [6.07, 6.45) is 0.571. The first-order valence-electron chi connectivity index (χ1n) is 6.34. The second kappa shape index (κ2) is 6.36. The molecule has 4 nitrogen and oxygen atoms in total. The van der Waals surface area contributed by atoms with Gasteiger partial charge in [0.15, 0.2) is 5.71 Å². The second-order valence-corrected chi connectivity index (χ2v) is 11.2. The Kier molecular flexibility index (Phi) is 6.06. The zero-order valence-electron chi connectivity index (χ0n) is 13.0. The van der Waals surface area contributed by atoms with E-state index in [0.29, 0.717) is 18.1 Å². The van der Waals surface area contributed by atoms with Crippen LogP contribution in [0.3, 0.4) is 0 Å². The lowest BCUT2D eigenvalue weighted by Crippen LogP contribution is -2.44. The lowest BCUT2D eigenvalue weighted by Gasteiger charge is -2.35. The molecule has 0 rings (SSSR count). The molecule has 0 fully saturated rings. The average molecular weight is 273 g/mol. The Labute approximate surface area is 112 Å². The van der Waals surface area contributed by atoms with E-state index in [0.717, 1.165) is 0 Å². The van der Waals surface area contributed by atoms with Crippen LogP contribution in [0.1, 0.15) is 41.0 Å². The highest BCUT2D eigenvalue weighted by molar-refractivity contribution is 6.76. The quantitative estimate of drug-likeness (QED) is 0.437. The Balaban J connectivity index is 4.88. The van der Waals surface area contributed by atoms with E-state index in [9.17, 15) is 4.79 Å². The summed E-state index contributed by atoms with van der Waals surface area (Å²) in [5, 5.41) is 3.79. The van der Waals surface area contributed by atoms with E-state index in [-0.39, 0.29) is 11.0 Å². The highest BCUT2D eigenvalue weighted by atomic mass is 28.4. The molecule has 106 valence electrons. The summed E-state index contributed by atoms with van der Waals surface area (Å²) in [5.41, 5.74) is 0.373. The number of nitrogens with zero attached hydrogens (tertiary/aromatic N) is 1. The number of hydrogen-bond donors (Lipinski definition) is 0. The van der Waals surface area contributed by atoms with Crippen LogP contribution in [-0.4, -0.2) is 27.1 Å². The van der Waals surface area contributed by atoms with Gasteiger partial charge in [-0.15, -0.1) is 0 Å². The molecule has 0 bridgehead atoms. The summed E-state index contributed by atoms with van der Waals surface area (Å²) in [5.74, 6) is 0.00278. The molecule has 0 aromatic rings. The first-order valence-corrected chi connectivity index (χ1v) is 9.25. The lowest BCUT2D eigenvalue weighted by molar-refractivity contribution is -0.128. The van der Waals surface area contributed by atoms with E-state index in [1.807, 2.05) is 26.9 Å². The zero-order valence-corrected chi connectivity index (χ0v) is 14.0. The Morgan fingerprint density at radius 3 is 2.11 bits per heavy atom. The van der Waals surface area contributed by atoms with Crippen molar-refractivity contribution in [2.45, 2.75) is 59.2 Å². The number of oxime groups is 1. The van der Waals surface area contributed by atoms with Crippen molar-refractivity contribution >= 4 is 20.0 Å². The van der Waals surface area contributed by atoms with Gasteiger partial charge in [0.1, 0.15) is 7.11 Å². The molecule has 0 saturated heterocycles. The van der Waals surface area contributed by atoms with Crippen LogP contribution >= 0.6 is 0 Å². The van der Waals surface area contributed by atoms with E-state index in [1.54, 1.807) is 0 Å². The average Bonchev–Trinajstić information content (AvgIpc) is 2.13. The fourth-order valence-electron chi connectivity index (χ4n) is 1.10. The molecule has 0 saturated carbocycles. The molecule has 18 heavy (non-hydrogen) atoms. The molecule has 0 unspecified atom stereocenters. The van der Waals surface area contributed by atoms with Crippen molar-refractivity contribution in [2.24, 2.45) is 11.1 Å². The van der Waals surface area contributed by atoms with Crippen LogP contribution < -0.4 is 0 Å². The summed E-state index contributed by atoms with van der Waals surface area (Å²) in [7, 11) is -0.652. The van der Waals surface area contributed by atoms with Gasteiger partial charge < -0.3 is 9.26 Å². The Hall–Kier alpha value is -0.843. The van der Waals surface area contributed by atoms with Crippen LogP contribution in [0.4, 0.5) is 0 Å². The first kappa shape index (κ1) is 17.2. The van der Waals surface area contributed by atoms with Crippen molar-refractivity contribution in [3.8, 4) is 0 Å². The van der Waals surface area contributed by atoms with Gasteiger partial charge in [0.05, 0.1) is 0 Å². The normalized spacial score (nSPS) is 13.7. The Bertz CT molecular complexity index is 317. The van der Waals surface area contributed by atoms with Crippen LogP contribution in [0.15, 0.2) is 5.16 Å². The van der Waals surface area contributed by atoms with Crippen LogP contribution in [0.5, 0.6) is 0 Å². The smallest absolute Gasteiger partial charge is 0.342 e. The molecule has 0 amide bonds. The predicted molar refractivity (Wildman–Crippen MR) is 77.2 cm³/mol. The molecular formula is C13H27NO3Si. The van der Waals surface area contributed by atoms with Gasteiger partial charge in [0.2, 0.25) is 0 Å². The maximum absolute atomic E-state index is 12.1. The highest BCUT2D eigenvalue weighted by Gasteiger charge is 2.41. The summed E-state index contributed by atoms with van der Waals surface area (Å²) in [6, 6.07) is 0. The van der Waals surface area contributed by atoms with Gasteiger partial charge in [0, 0.05) is 6.42 Å². The van der Waals surface area contributed by atoms with Crippen LogP contribution in [0.25, 0.3) is 0 Å². The first-order chi connectivity index (χ1) is 8.01. The van der Waals surface area contributed by atoms with Gasteiger partial charge in [-0.3, -0.25) is 0 Å². The molecule has 0 heterocycles. The van der Waals surface area contributed by atoms with E-state index in [1.165, 1.54) is 7.11 Å². The largest absolute Gasteiger partial charge is 0.515 e. The minimum absolute atomic E-state index is 0.00132. The molecular weight excluding hydrogens is 246 g/mol. The van der Waals surface area contributed by atoms with E-state index < -0.39 is 8.32 Å². The van der Waals surface area contributed by atoms with E-state index in [2.05, 4.69) is 25.9 Å². The summed E-state index contributed by atoms with van der Waals surface area (Å²) in [6.45, 7) is 14.5. The third-order valence-electron chi connectivity index (χ3n) is 3.19. The molecule has 0 aliphatic rings. The van der Waals surface area contributed by atoms with Crippen LogP contribution in [-0.2, 0) is 14.1 Å². The molecule has 0 aliphatic heterocycles. The third-order valence-corrected chi connectivity index (χ3v) is 7.50. The third kappa shape index (κ3) is 5.21. The van der Waals surface area contributed by atoms with Gasteiger partial charge >= 0.3 is 5.97 Å². The topological polar surface area (TPSA) is 47.9 Å². The van der Waals surface area contributed by atoms with Gasteiger partial charge in [-0.05, 0) is 24.1 Å². The summed E-state index contributed by atoms with van der Waals surface area (Å²) in [4.78, 5) is 16.9. The van der Waals surface area contributed by atoms with Crippen molar-refractivity contribution in [1.29, 1.82) is 0 Å². The zero-order chi connectivity index (χ0) is 14.6. The maximum Gasteiger partial charge on any atom is 0.342 e. The van der Waals surface area contributed by atoms with E-state index >= 15 is 0 Å². The molecule has 0 N–H and O–H groups in total. The molecule has 0 spiro atoms. The highest BCUT2D eigenvalue weighted by Crippen LogP contribution is 2.36. The van der Waals surface area contributed by atoms with E-state index in [4.69, 9.17) is 9.26 Å². The van der Waals surface area contributed by atoms with Gasteiger partial charge in [0.25, 0.3) is 8.32 Å². The maximum atomic E-state index is 12.1. The van der Waals surface area contributed by atoms with Crippen LogP contribution in [0.2, 0.25) is 18.1 Å². The SMILES string of the molecule is CO/N=C(/CC(C)C)C(=O)O[Si](C)(C)C(C)(C)C. The fourth-order valence-corrected chi connectivity index (χ4v) is 1.99. The predicted octanol–water partition coefficient (Wildman–Crippen LogP) is 3.58. The summed E-state index contributed by atoms with van der Waals surface area (Å²) >= 11 is 0. The second-order valence-electron chi connectivity index (χ2n) is 6.47. The standard InChI is InChI=1S/C13H27NO3Si/c1-10(2)9-11(14-16-6)12(15)17-18(7,8)13(3,4)5/h10H,9H2,1-8H3/b14-11-. The molecule has 0 aromatic heterocycles. The molecule has 0 aliphatic carbocycles. The van der Waals surface area contributed by atoms with Gasteiger partial charge in [-0.1, -0.05) is 39.8 Å².